The molecular weight excluding hydrogens is 422 g/mol. The summed E-state index contributed by atoms with van der Waals surface area (Å²) in [5.41, 5.74) is -2.24. The number of sulfone groups is 1. The van der Waals surface area contributed by atoms with Crippen LogP contribution in [0.3, 0.4) is 0 Å². The third kappa shape index (κ3) is 4.11. The number of benzene rings is 2. The molecule has 1 heterocycles. The minimum atomic E-state index is -4.64. The first-order valence-corrected chi connectivity index (χ1v) is 10.2. The van der Waals surface area contributed by atoms with Crippen LogP contribution in [0.2, 0.25) is 5.02 Å². The van der Waals surface area contributed by atoms with Crippen LogP contribution in [0.1, 0.15) is 18.1 Å². The Morgan fingerprint density at radius 2 is 1.82 bits per heavy atom. The molecule has 28 heavy (non-hydrogen) atoms. The zero-order valence-corrected chi connectivity index (χ0v) is 16.1. The Kier molecular flexibility index (Phi) is 5.14. The minimum absolute atomic E-state index is 0.0964. The zero-order valence-electron chi connectivity index (χ0n) is 14.5. The normalized spacial score (nSPS) is 19.0. The Bertz CT molecular complexity index is 1000. The van der Waals surface area contributed by atoms with E-state index in [2.05, 4.69) is 5.32 Å². The first kappa shape index (κ1) is 20.9. The lowest BCUT2D eigenvalue weighted by Gasteiger charge is -2.30. The largest absolute Gasteiger partial charge is 0.417 e. The van der Waals surface area contributed by atoms with Crippen molar-refractivity contribution in [2.45, 2.75) is 36.1 Å². The number of hydrogen-bond acceptors (Lipinski definition) is 4. The van der Waals surface area contributed by atoms with Gasteiger partial charge in [0.2, 0.25) is 0 Å². The lowest BCUT2D eigenvalue weighted by Crippen LogP contribution is -2.48. The molecule has 2 aromatic carbocycles. The second kappa shape index (κ2) is 6.89. The Morgan fingerprint density at radius 3 is 2.39 bits per heavy atom. The van der Waals surface area contributed by atoms with Crippen molar-refractivity contribution in [1.29, 1.82) is 0 Å². The van der Waals surface area contributed by atoms with Crippen LogP contribution in [0.4, 0.5) is 23.2 Å². The van der Waals surface area contributed by atoms with E-state index in [4.69, 9.17) is 11.6 Å². The molecule has 0 aliphatic carbocycles. The molecule has 0 saturated carbocycles. The molecule has 0 aromatic heterocycles. The average Bonchev–Trinajstić information content (AvgIpc) is 2.96. The molecule has 0 bridgehead atoms. The van der Waals surface area contributed by atoms with Gasteiger partial charge in [-0.1, -0.05) is 11.6 Å². The summed E-state index contributed by atoms with van der Waals surface area (Å²) in [5.74, 6) is -1.30. The van der Waals surface area contributed by atoms with Crippen LogP contribution < -0.4 is 5.32 Å². The number of rotatable bonds is 4. The maximum Gasteiger partial charge on any atom is 0.417 e. The Morgan fingerprint density at radius 1 is 1.21 bits per heavy atom. The molecule has 10 heteroatoms. The van der Waals surface area contributed by atoms with Crippen molar-refractivity contribution >= 4 is 27.1 Å². The minimum Gasteiger partial charge on any atom is -0.387 e. The highest BCUT2D eigenvalue weighted by Gasteiger charge is 2.42. The highest BCUT2D eigenvalue weighted by atomic mass is 35.5. The van der Waals surface area contributed by atoms with E-state index < -0.39 is 49.8 Å². The monoisotopic (exact) mass is 437 g/mol. The zero-order chi connectivity index (χ0) is 20.9. The predicted molar refractivity (Wildman–Crippen MR) is 96.6 cm³/mol. The molecule has 1 aliphatic rings. The molecule has 0 spiro atoms. The summed E-state index contributed by atoms with van der Waals surface area (Å²) < 4.78 is 77.2. The predicted octanol–water partition coefficient (Wildman–Crippen LogP) is 4.06. The van der Waals surface area contributed by atoms with Crippen LogP contribution in [-0.2, 0) is 22.4 Å². The Balaban J connectivity index is 1.84. The van der Waals surface area contributed by atoms with Crippen molar-refractivity contribution in [3.8, 4) is 0 Å². The van der Waals surface area contributed by atoms with Gasteiger partial charge in [0.05, 0.1) is 32.9 Å². The number of alkyl halides is 3. The summed E-state index contributed by atoms with van der Waals surface area (Å²) in [6, 6.07) is 5.33. The maximum absolute atomic E-state index is 13.0. The molecule has 2 aromatic rings. The van der Waals surface area contributed by atoms with E-state index in [1.165, 1.54) is 6.92 Å². The van der Waals surface area contributed by atoms with Crippen molar-refractivity contribution in [2.75, 3.05) is 11.1 Å². The highest BCUT2D eigenvalue weighted by Crippen LogP contribution is 2.41. The van der Waals surface area contributed by atoms with E-state index in [1.54, 1.807) is 0 Å². The van der Waals surface area contributed by atoms with Crippen molar-refractivity contribution in [1.82, 2.24) is 0 Å². The molecule has 0 saturated heterocycles. The molecule has 4 nitrogen and oxygen atoms in total. The molecule has 152 valence electrons. The van der Waals surface area contributed by atoms with Gasteiger partial charge in [-0.25, -0.2) is 12.8 Å². The van der Waals surface area contributed by atoms with E-state index in [0.717, 1.165) is 36.4 Å². The molecular formula is C18H16ClF4NO3S. The summed E-state index contributed by atoms with van der Waals surface area (Å²) in [7, 11) is -3.96. The van der Waals surface area contributed by atoms with Crippen LogP contribution in [0.25, 0.3) is 0 Å². The van der Waals surface area contributed by atoms with Gasteiger partial charge in [0.25, 0.3) is 0 Å². The number of fused-ring (bicyclic) bond motifs is 1. The fourth-order valence-electron chi connectivity index (χ4n) is 3.18. The summed E-state index contributed by atoms with van der Waals surface area (Å²) in [6.45, 7) is 1.28. The summed E-state index contributed by atoms with van der Waals surface area (Å²) in [6.07, 6.45) is -4.54. The second-order valence-corrected chi connectivity index (χ2v) is 9.35. The van der Waals surface area contributed by atoms with Gasteiger partial charge < -0.3 is 10.4 Å². The quantitative estimate of drug-likeness (QED) is 0.559. The number of anilines is 1. The van der Waals surface area contributed by atoms with Crippen molar-refractivity contribution in [3.05, 3.63) is 58.4 Å². The molecule has 0 fully saturated rings. The van der Waals surface area contributed by atoms with Crippen molar-refractivity contribution in [2.24, 2.45) is 0 Å². The van der Waals surface area contributed by atoms with Crippen LogP contribution in [0, 0.1) is 5.82 Å². The van der Waals surface area contributed by atoms with Gasteiger partial charge >= 0.3 is 6.18 Å². The molecule has 2 atom stereocenters. The van der Waals surface area contributed by atoms with E-state index in [-0.39, 0.29) is 17.0 Å². The molecule has 0 radical (unpaired) electrons. The van der Waals surface area contributed by atoms with E-state index in [1.807, 2.05) is 0 Å². The molecule has 0 amide bonds. The van der Waals surface area contributed by atoms with Gasteiger partial charge in [-0.15, -0.1) is 0 Å². The van der Waals surface area contributed by atoms with Gasteiger partial charge in [-0.2, -0.15) is 13.2 Å². The lowest BCUT2D eigenvalue weighted by molar-refractivity contribution is -0.137. The fourth-order valence-corrected chi connectivity index (χ4v) is 5.16. The van der Waals surface area contributed by atoms with Gasteiger partial charge in [-0.05, 0) is 55.3 Å². The molecule has 1 aliphatic heterocycles. The number of halogens is 5. The number of aliphatic hydroxyl groups is 1. The molecule has 2 unspecified atom stereocenters. The lowest BCUT2D eigenvalue weighted by atomic mass is 9.95. The summed E-state index contributed by atoms with van der Waals surface area (Å²) >= 11 is 5.72. The third-order valence-electron chi connectivity index (χ3n) is 4.66. The van der Waals surface area contributed by atoms with Crippen LogP contribution >= 0.6 is 11.6 Å². The SMILES string of the molecule is CC(O)(CS(=O)(=O)c1ccc(F)cc1)C1Cc2cc(Cl)c(C(F)(F)F)cc2N1. The van der Waals surface area contributed by atoms with E-state index in [0.29, 0.717) is 5.56 Å². The van der Waals surface area contributed by atoms with Crippen molar-refractivity contribution < 1.29 is 31.1 Å². The first-order chi connectivity index (χ1) is 12.8. The van der Waals surface area contributed by atoms with Crippen LogP contribution in [0.15, 0.2) is 41.3 Å². The number of nitrogens with one attached hydrogen (secondary N) is 1. The average molecular weight is 438 g/mol. The van der Waals surface area contributed by atoms with Gasteiger partial charge in [0.1, 0.15) is 5.82 Å². The Labute approximate surface area is 164 Å². The second-order valence-electron chi connectivity index (χ2n) is 6.96. The van der Waals surface area contributed by atoms with E-state index >= 15 is 0 Å². The highest BCUT2D eigenvalue weighted by molar-refractivity contribution is 7.91. The smallest absolute Gasteiger partial charge is 0.387 e. The molecule has 2 N–H and O–H groups in total. The van der Waals surface area contributed by atoms with Gasteiger partial charge in [-0.3, -0.25) is 0 Å². The Hall–Kier alpha value is -1.84. The topological polar surface area (TPSA) is 66.4 Å². The maximum atomic E-state index is 13.0. The molecule has 3 rings (SSSR count). The van der Waals surface area contributed by atoms with Crippen molar-refractivity contribution in [3.63, 3.8) is 0 Å². The summed E-state index contributed by atoms with van der Waals surface area (Å²) in [4.78, 5) is -0.160. The van der Waals surface area contributed by atoms with Gasteiger partial charge in [0.15, 0.2) is 9.84 Å². The fraction of sp³-hybridized carbons (Fsp3) is 0.333. The van der Waals surface area contributed by atoms with Gasteiger partial charge in [0, 0.05) is 5.69 Å². The standard InChI is InChI=1S/C18H16ClF4NO3S/c1-17(25,9-28(26,27)12-4-2-11(20)3-5-12)16-7-10-6-14(19)13(18(21,22)23)8-15(10)24-16/h2-6,8,16,24-25H,7,9H2,1H3. The summed E-state index contributed by atoms with van der Waals surface area (Å²) in [5, 5.41) is 13.1. The van der Waals surface area contributed by atoms with Crippen LogP contribution in [-0.4, -0.2) is 30.9 Å². The van der Waals surface area contributed by atoms with E-state index in [9.17, 15) is 31.1 Å². The third-order valence-corrected chi connectivity index (χ3v) is 6.93. The van der Waals surface area contributed by atoms with Crippen LogP contribution in [0.5, 0.6) is 0 Å². The first-order valence-electron chi connectivity index (χ1n) is 8.16. The number of hydrogen-bond donors (Lipinski definition) is 2.